The lowest BCUT2D eigenvalue weighted by atomic mass is 9.85. The van der Waals surface area contributed by atoms with Gasteiger partial charge in [0, 0.05) is 17.9 Å². The maximum absolute atomic E-state index is 10.9. The standard InChI is InChI=1S/C16H19N3O2S/c1-10-4-5-12-11(8-10)13(14(20)16(2,3)21-12)19-6-7-22-15(19)18-9-17/h4-5,8,13-14,20H,6-7H2,1-3H3. The van der Waals surface area contributed by atoms with Gasteiger partial charge in [0.15, 0.2) is 5.17 Å². The van der Waals surface area contributed by atoms with Crippen LogP contribution >= 0.6 is 11.8 Å². The summed E-state index contributed by atoms with van der Waals surface area (Å²) < 4.78 is 5.98. The minimum Gasteiger partial charge on any atom is -0.485 e. The van der Waals surface area contributed by atoms with Crippen molar-refractivity contribution in [1.29, 1.82) is 5.26 Å². The lowest BCUT2D eigenvalue weighted by molar-refractivity contribution is -0.0800. The molecule has 1 N–H and O–H groups in total. The number of fused-ring (bicyclic) bond motifs is 1. The Morgan fingerprint density at radius 2 is 2.27 bits per heavy atom. The van der Waals surface area contributed by atoms with Gasteiger partial charge in [0.05, 0.1) is 6.04 Å². The molecule has 2 aliphatic rings. The summed E-state index contributed by atoms with van der Waals surface area (Å²) in [7, 11) is 0. The first-order valence-corrected chi connectivity index (χ1v) is 8.26. The van der Waals surface area contributed by atoms with E-state index in [0.717, 1.165) is 29.2 Å². The molecule has 0 bridgehead atoms. The normalized spacial score (nSPS) is 28.1. The number of nitrogens with zero attached hydrogens (tertiary/aromatic N) is 3. The van der Waals surface area contributed by atoms with Crippen molar-refractivity contribution in [2.45, 2.75) is 38.5 Å². The van der Waals surface area contributed by atoms with E-state index in [0.29, 0.717) is 5.17 Å². The number of ether oxygens (including phenoxy) is 1. The Kier molecular flexibility index (Phi) is 3.79. The third kappa shape index (κ3) is 2.44. The summed E-state index contributed by atoms with van der Waals surface area (Å²) in [4.78, 5) is 5.95. The maximum Gasteiger partial charge on any atom is 0.208 e. The Morgan fingerprint density at radius 1 is 1.50 bits per heavy atom. The van der Waals surface area contributed by atoms with E-state index in [4.69, 9.17) is 10.00 Å². The quantitative estimate of drug-likeness (QED) is 0.806. The molecule has 0 aliphatic carbocycles. The first kappa shape index (κ1) is 15.2. The molecule has 2 aliphatic heterocycles. The van der Waals surface area contributed by atoms with Crippen LogP contribution in [0.5, 0.6) is 5.75 Å². The molecule has 0 amide bonds. The number of rotatable bonds is 1. The van der Waals surface area contributed by atoms with Crippen molar-refractivity contribution < 1.29 is 9.84 Å². The molecule has 2 atom stereocenters. The minimum atomic E-state index is -0.704. The van der Waals surface area contributed by atoms with Crippen molar-refractivity contribution in [2.24, 2.45) is 4.99 Å². The Labute approximate surface area is 134 Å². The van der Waals surface area contributed by atoms with Crippen molar-refractivity contribution in [3.8, 4) is 11.9 Å². The molecule has 5 nitrogen and oxygen atoms in total. The van der Waals surface area contributed by atoms with Crippen molar-refractivity contribution >= 4 is 16.9 Å². The van der Waals surface area contributed by atoms with Crippen LogP contribution in [0.1, 0.15) is 31.0 Å². The zero-order chi connectivity index (χ0) is 15.9. The highest BCUT2D eigenvalue weighted by Gasteiger charge is 2.47. The molecule has 1 fully saturated rings. The topological polar surface area (TPSA) is 68.9 Å². The summed E-state index contributed by atoms with van der Waals surface area (Å²) in [6, 6.07) is 5.76. The van der Waals surface area contributed by atoms with E-state index in [2.05, 4.69) is 4.99 Å². The van der Waals surface area contributed by atoms with E-state index >= 15 is 0 Å². The number of aliphatic imine (C=N–C) groups is 1. The predicted octanol–water partition coefficient (Wildman–Crippen LogP) is 2.45. The van der Waals surface area contributed by atoms with E-state index in [1.807, 2.05) is 50.1 Å². The van der Waals surface area contributed by atoms with E-state index in [1.165, 1.54) is 0 Å². The van der Waals surface area contributed by atoms with Crippen LogP contribution in [0, 0.1) is 18.4 Å². The predicted molar refractivity (Wildman–Crippen MR) is 86.8 cm³/mol. The molecule has 1 saturated heterocycles. The Bertz CT molecular complexity index is 666. The number of aliphatic hydroxyl groups is 1. The van der Waals surface area contributed by atoms with Crippen LogP contribution < -0.4 is 4.74 Å². The van der Waals surface area contributed by atoms with Gasteiger partial charge in [-0.25, -0.2) is 0 Å². The highest BCUT2D eigenvalue weighted by atomic mass is 32.2. The highest BCUT2D eigenvalue weighted by Crippen LogP contribution is 2.45. The molecule has 0 radical (unpaired) electrons. The van der Waals surface area contributed by atoms with Gasteiger partial charge in [0.1, 0.15) is 17.5 Å². The second-order valence-electron chi connectivity index (χ2n) is 6.17. The number of thioether (sulfide) groups is 1. The summed E-state index contributed by atoms with van der Waals surface area (Å²) in [6.45, 7) is 6.55. The number of hydrogen-bond donors (Lipinski definition) is 1. The van der Waals surface area contributed by atoms with Gasteiger partial charge in [-0.1, -0.05) is 29.5 Å². The molecule has 1 aromatic rings. The Balaban J connectivity index is 2.11. The van der Waals surface area contributed by atoms with Crippen LogP contribution in [0.2, 0.25) is 0 Å². The van der Waals surface area contributed by atoms with E-state index in [9.17, 15) is 5.11 Å². The summed E-state index contributed by atoms with van der Waals surface area (Å²) >= 11 is 1.55. The fourth-order valence-corrected chi connectivity index (χ4v) is 3.98. The van der Waals surface area contributed by atoms with Gasteiger partial charge < -0.3 is 14.7 Å². The minimum absolute atomic E-state index is 0.249. The smallest absolute Gasteiger partial charge is 0.208 e. The molecular formula is C16H19N3O2S. The van der Waals surface area contributed by atoms with Crippen molar-refractivity contribution in [1.82, 2.24) is 4.90 Å². The van der Waals surface area contributed by atoms with Crippen LogP contribution in [0.3, 0.4) is 0 Å². The Hall–Kier alpha value is -1.71. The zero-order valence-electron chi connectivity index (χ0n) is 12.9. The number of aliphatic hydroxyl groups excluding tert-OH is 1. The molecule has 0 saturated carbocycles. The molecular weight excluding hydrogens is 298 g/mol. The van der Waals surface area contributed by atoms with Gasteiger partial charge in [0.25, 0.3) is 0 Å². The number of amidine groups is 1. The van der Waals surface area contributed by atoms with Gasteiger partial charge in [-0.3, -0.25) is 0 Å². The summed E-state index contributed by atoms with van der Waals surface area (Å²) in [5.41, 5.74) is 1.38. The van der Waals surface area contributed by atoms with Gasteiger partial charge in [-0.15, -0.1) is 4.99 Å². The fourth-order valence-electron chi connectivity index (χ4n) is 3.04. The summed E-state index contributed by atoms with van der Waals surface area (Å²) in [5.74, 6) is 1.66. The van der Waals surface area contributed by atoms with Gasteiger partial charge in [-0.05, 0) is 26.8 Å². The second kappa shape index (κ2) is 5.49. The summed E-state index contributed by atoms with van der Waals surface area (Å²) in [6.07, 6.45) is 1.16. The van der Waals surface area contributed by atoms with E-state index < -0.39 is 11.7 Å². The van der Waals surface area contributed by atoms with E-state index in [1.54, 1.807) is 11.8 Å². The van der Waals surface area contributed by atoms with Gasteiger partial charge in [-0.2, -0.15) is 5.26 Å². The zero-order valence-corrected chi connectivity index (χ0v) is 13.7. The molecule has 6 heteroatoms. The molecule has 2 heterocycles. The molecule has 0 spiro atoms. The number of nitriles is 1. The molecule has 2 unspecified atom stereocenters. The van der Waals surface area contributed by atoms with Crippen molar-refractivity contribution in [2.75, 3.05) is 12.3 Å². The van der Waals surface area contributed by atoms with Crippen LogP contribution in [-0.4, -0.2) is 39.2 Å². The molecule has 22 heavy (non-hydrogen) atoms. The second-order valence-corrected chi connectivity index (χ2v) is 7.23. The van der Waals surface area contributed by atoms with Crippen molar-refractivity contribution in [3.05, 3.63) is 29.3 Å². The molecule has 3 rings (SSSR count). The largest absolute Gasteiger partial charge is 0.485 e. The lowest BCUT2D eigenvalue weighted by Gasteiger charge is -2.45. The SMILES string of the molecule is Cc1ccc2c(c1)C(N1CCSC1=NC#N)C(O)C(C)(C)O2. The van der Waals surface area contributed by atoms with Crippen LogP contribution in [0.15, 0.2) is 23.2 Å². The number of aryl methyl sites for hydroxylation is 1. The number of hydrogen-bond acceptors (Lipinski definition) is 5. The average molecular weight is 317 g/mol. The first-order chi connectivity index (χ1) is 10.4. The average Bonchev–Trinajstić information content (AvgIpc) is 2.89. The van der Waals surface area contributed by atoms with Gasteiger partial charge in [0.2, 0.25) is 6.19 Å². The fraction of sp³-hybridized carbons (Fsp3) is 0.500. The van der Waals surface area contributed by atoms with Gasteiger partial charge >= 0.3 is 0 Å². The monoisotopic (exact) mass is 317 g/mol. The van der Waals surface area contributed by atoms with Crippen molar-refractivity contribution in [3.63, 3.8) is 0 Å². The molecule has 116 valence electrons. The molecule has 0 aromatic heterocycles. The highest BCUT2D eigenvalue weighted by molar-refractivity contribution is 8.14. The lowest BCUT2D eigenvalue weighted by Crippen LogP contribution is -2.53. The molecule has 1 aromatic carbocycles. The maximum atomic E-state index is 10.9. The van der Waals surface area contributed by atoms with Crippen LogP contribution in [-0.2, 0) is 0 Å². The van der Waals surface area contributed by atoms with Crippen LogP contribution in [0.4, 0.5) is 0 Å². The number of benzene rings is 1. The third-order valence-corrected chi connectivity index (χ3v) is 5.13. The van der Waals surface area contributed by atoms with Crippen LogP contribution in [0.25, 0.3) is 0 Å². The third-order valence-electron chi connectivity index (χ3n) is 4.16. The summed E-state index contributed by atoms with van der Waals surface area (Å²) in [5, 5.41) is 20.4. The van der Waals surface area contributed by atoms with E-state index in [-0.39, 0.29) is 6.04 Å². The first-order valence-electron chi connectivity index (χ1n) is 7.28. The Morgan fingerprint density at radius 3 is 3.00 bits per heavy atom.